The van der Waals surface area contributed by atoms with Crippen molar-refractivity contribution in [1.29, 1.82) is 0 Å². The number of hydrogen-bond acceptors (Lipinski definition) is 5. The van der Waals surface area contributed by atoms with Gasteiger partial charge in [-0.15, -0.1) is 0 Å². The van der Waals surface area contributed by atoms with E-state index in [-0.39, 0.29) is 18.0 Å². The molecule has 0 amide bonds. The normalized spacial score (nSPS) is 12.2. The van der Waals surface area contributed by atoms with Gasteiger partial charge < -0.3 is 14.4 Å². The van der Waals surface area contributed by atoms with E-state index in [1.165, 1.54) is 13.0 Å². The van der Waals surface area contributed by atoms with Crippen molar-refractivity contribution in [2.45, 2.75) is 19.6 Å². The SMILES string of the molecule is CC(O)c1cc(Br)cc([N+](=O)[O-])c1OCc1cncn1C. The van der Waals surface area contributed by atoms with Gasteiger partial charge in [0.15, 0.2) is 0 Å². The minimum atomic E-state index is -0.886. The fourth-order valence-corrected chi connectivity index (χ4v) is 2.34. The average Bonchev–Trinajstić information content (AvgIpc) is 2.81. The highest BCUT2D eigenvalue weighted by molar-refractivity contribution is 9.10. The fraction of sp³-hybridized carbons (Fsp3) is 0.308. The maximum absolute atomic E-state index is 11.2. The molecule has 0 spiro atoms. The van der Waals surface area contributed by atoms with E-state index in [4.69, 9.17) is 4.74 Å². The van der Waals surface area contributed by atoms with Gasteiger partial charge in [-0.2, -0.15) is 0 Å². The topological polar surface area (TPSA) is 90.4 Å². The molecule has 2 aromatic rings. The van der Waals surface area contributed by atoms with Crippen molar-refractivity contribution in [2.24, 2.45) is 7.05 Å². The number of nitro groups is 1. The Morgan fingerprint density at radius 3 is 2.81 bits per heavy atom. The number of nitro benzene ring substituents is 1. The summed E-state index contributed by atoms with van der Waals surface area (Å²) in [4.78, 5) is 14.6. The van der Waals surface area contributed by atoms with E-state index in [1.807, 2.05) is 0 Å². The standard InChI is InChI=1S/C13H14BrN3O4/c1-8(18)11-3-9(14)4-12(17(19)20)13(11)21-6-10-5-15-7-16(10)2/h3-5,7-8,18H,6H2,1-2H3. The second kappa shape index (κ2) is 6.23. The van der Waals surface area contributed by atoms with Crippen molar-refractivity contribution in [3.05, 3.63) is 50.5 Å². The number of aliphatic hydroxyl groups is 1. The van der Waals surface area contributed by atoms with Crippen molar-refractivity contribution < 1.29 is 14.8 Å². The Bertz CT molecular complexity index is 669. The number of ether oxygens (including phenoxy) is 1. The molecule has 112 valence electrons. The fourth-order valence-electron chi connectivity index (χ4n) is 1.87. The van der Waals surface area contributed by atoms with Crippen LogP contribution in [0.3, 0.4) is 0 Å². The Kier molecular flexibility index (Phi) is 4.59. The van der Waals surface area contributed by atoms with Crippen molar-refractivity contribution in [2.75, 3.05) is 0 Å². The van der Waals surface area contributed by atoms with Crippen LogP contribution in [0, 0.1) is 10.1 Å². The van der Waals surface area contributed by atoms with Crippen LogP contribution in [0.25, 0.3) is 0 Å². The van der Waals surface area contributed by atoms with E-state index in [0.717, 1.165) is 5.69 Å². The summed E-state index contributed by atoms with van der Waals surface area (Å²) in [6, 6.07) is 2.96. The predicted molar refractivity (Wildman–Crippen MR) is 79.0 cm³/mol. The molecule has 8 heteroatoms. The molecule has 1 atom stereocenters. The van der Waals surface area contributed by atoms with Crippen LogP contribution in [0.2, 0.25) is 0 Å². The minimum Gasteiger partial charge on any atom is -0.480 e. The van der Waals surface area contributed by atoms with Crippen LogP contribution in [0.1, 0.15) is 24.3 Å². The zero-order chi connectivity index (χ0) is 15.6. The highest BCUT2D eigenvalue weighted by Gasteiger charge is 2.23. The van der Waals surface area contributed by atoms with E-state index in [1.54, 1.807) is 30.2 Å². The molecule has 1 aromatic carbocycles. The molecule has 1 aromatic heterocycles. The van der Waals surface area contributed by atoms with Crippen LogP contribution in [-0.4, -0.2) is 19.6 Å². The van der Waals surface area contributed by atoms with E-state index in [9.17, 15) is 15.2 Å². The molecule has 0 aliphatic rings. The van der Waals surface area contributed by atoms with Gasteiger partial charge in [-0.05, 0) is 13.0 Å². The third-order valence-corrected chi connectivity index (χ3v) is 3.45. The first-order valence-corrected chi connectivity index (χ1v) is 6.93. The number of aryl methyl sites for hydroxylation is 1. The van der Waals surface area contributed by atoms with Crippen molar-refractivity contribution in [1.82, 2.24) is 9.55 Å². The van der Waals surface area contributed by atoms with E-state index < -0.39 is 11.0 Å². The first kappa shape index (κ1) is 15.5. The molecule has 0 aliphatic carbocycles. The zero-order valence-corrected chi connectivity index (χ0v) is 13.1. The molecule has 0 bridgehead atoms. The second-order valence-electron chi connectivity index (χ2n) is 4.56. The number of benzene rings is 1. The quantitative estimate of drug-likeness (QED) is 0.657. The molecular weight excluding hydrogens is 342 g/mol. The molecule has 0 saturated heterocycles. The van der Waals surface area contributed by atoms with Gasteiger partial charge in [0, 0.05) is 23.2 Å². The molecule has 0 radical (unpaired) electrons. The van der Waals surface area contributed by atoms with Gasteiger partial charge in [-0.3, -0.25) is 10.1 Å². The Morgan fingerprint density at radius 1 is 1.57 bits per heavy atom. The van der Waals surface area contributed by atoms with Crippen molar-refractivity contribution in [3.8, 4) is 5.75 Å². The van der Waals surface area contributed by atoms with Crippen LogP contribution >= 0.6 is 15.9 Å². The Labute approximate surface area is 129 Å². The highest BCUT2D eigenvalue weighted by atomic mass is 79.9. The first-order chi connectivity index (χ1) is 9.90. The van der Waals surface area contributed by atoms with Crippen LogP contribution in [0.4, 0.5) is 5.69 Å². The van der Waals surface area contributed by atoms with Gasteiger partial charge in [-0.25, -0.2) is 4.98 Å². The molecular formula is C13H14BrN3O4. The summed E-state index contributed by atoms with van der Waals surface area (Å²) in [6.45, 7) is 1.65. The lowest BCUT2D eigenvalue weighted by molar-refractivity contribution is -0.386. The lowest BCUT2D eigenvalue weighted by atomic mass is 10.1. The number of halogens is 1. The lowest BCUT2D eigenvalue weighted by Gasteiger charge is -2.14. The molecule has 1 N–H and O–H groups in total. The molecule has 2 rings (SSSR count). The Balaban J connectivity index is 2.40. The molecule has 21 heavy (non-hydrogen) atoms. The number of rotatable bonds is 5. The van der Waals surface area contributed by atoms with Crippen LogP contribution in [0.5, 0.6) is 5.75 Å². The lowest BCUT2D eigenvalue weighted by Crippen LogP contribution is -2.06. The number of imidazole rings is 1. The Hall–Kier alpha value is -1.93. The molecule has 0 fully saturated rings. The van der Waals surface area contributed by atoms with Crippen LogP contribution in [0.15, 0.2) is 29.1 Å². The van der Waals surface area contributed by atoms with E-state index in [0.29, 0.717) is 10.0 Å². The number of aromatic nitrogens is 2. The monoisotopic (exact) mass is 355 g/mol. The number of nitrogens with zero attached hydrogens (tertiary/aromatic N) is 3. The van der Waals surface area contributed by atoms with Crippen molar-refractivity contribution in [3.63, 3.8) is 0 Å². The second-order valence-corrected chi connectivity index (χ2v) is 5.48. The summed E-state index contributed by atoms with van der Waals surface area (Å²) in [5.41, 5.74) is 0.935. The van der Waals surface area contributed by atoms with Gasteiger partial charge in [0.25, 0.3) is 0 Å². The van der Waals surface area contributed by atoms with Crippen molar-refractivity contribution >= 4 is 21.6 Å². The summed E-state index contributed by atoms with van der Waals surface area (Å²) in [5.74, 6) is 0.0689. The van der Waals surface area contributed by atoms with Crippen LogP contribution in [-0.2, 0) is 13.7 Å². The third kappa shape index (κ3) is 3.40. The summed E-state index contributed by atoms with van der Waals surface area (Å²) in [7, 11) is 1.80. The summed E-state index contributed by atoms with van der Waals surface area (Å²) >= 11 is 3.20. The number of hydrogen-bond donors (Lipinski definition) is 1. The summed E-state index contributed by atoms with van der Waals surface area (Å²) in [5, 5.41) is 21.0. The molecule has 7 nitrogen and oxygen atoms in total. The maximum atomic E-state index is 11.2. The Morgan fingerprint density at radius 2 is 2.29 bits per heavy atom. The number of aliphatic hydroxyl groups excluding tert-OH is 1. The van der Waals surface area contributed by atoms with Crippen LogP contribution < -0.4 is 4.74 Å². The summed E-state index contributed by atoms with van der Waals surface area (Å²) < 4.78 is 7.86. The molecule has 1 heterocycles. The molecule has 1 unspecified atom stereocenters. The van der Waals surface area contributed by atoms with Gasteiger partial charge >= 0.3 is 5.69 Å². The average molecular weight is 356 g/mol. The van der Waals surface area contributed by atoms with E-state index in [2.05, 4.69) is 20.9 Å². The predicted octanol–water partition coefficient (Wildman–Crippen LogP) is 2.72. The van der Waals surface area contributed by atoms with Gasteiger partial charge in [-0.1, -0.05) is 15.9 Å². The highest BCUT2D eigenvalue weighted by Crippen LogP contribution is 2.38. The van der Waals surface area contributed by atoms with Gasteiger partial charge in [0.2, 0.25) is 5.75 Å². The molecule has 0 aliphatic heterocycles. The molecule has 0 saturated carbocycles. The van der Waals surface area contributed by atoms with Gasteiger partial charge in [0.1, 0.15) is 6.61 Å². The zero-order valence-electron chi connectivity index (χ0n) is 11.5. The third-order valence-electron chi connectivity index (χ3n) is 2.99. The summed E-state index contributed by atoms with van der Waals surface area (Å²) in [6.07, 6.45) is 2.35. The first-order valence-electron chi connectivity index (χ1n) is 6.14. The largest absolute Gasteiger partial charge is 0.480 e. The smallest absolute Gasteiger partial charge is 0.312 e. The minimum absolute atomic E-state index is 0.0689. The van der Waals surface area contributed by atoms with E-state index >= 15 is 0 Å². The van der Waals surface area contributed by atoms with Gasteiger partial charge in [0.05, 0.1) is 29.2 Å². The maximum Gasteiger partial charge on any atom is 0.312 e.